The van der Waals surface area contributed by atoms with Crippen molar-refractivity contribution >= 4 is 71.5 Å². The van der Waals surface area contributed by atoms with Crippen molar-refractivity contribution in [3.05, 3.63) is 83.9 Å². The number of hydrogen-bond donors (Lipinski definition) is 5. The van der Waals surface area contributed by atoms with Crippen molar-refractivity contribution in [2.45, 2.75) is 407 Å². The number of ketones is 1. The van der Waals surface area contributed by atoms with E-state index in [4.69, 9.17) is 42.6 Å². The van der Waals surface area contributed by atoms with Crippen LogP contribution in [0.5, 0.6) is 5.75 Å². The zero-order chi connectivity index (χ0) is 104. The van der Waals surface area contributed by atoms with Crippen LogP contribution >= 0.6 is 0 Å². The first-order valence-corrected chi connectivity index (χ1v) is 55.5. The first-order chi connectivity index (χ1) is 67.5. The topological polar surface area (TPSA) is 309 Å². The van der Waals surface area contributed by atoms with Crippen LogP contribution in [0.25, 0.3) is 0 Å². The molecular weight excluding hydrogens is 1790 g/mol. The van der Waals surface area contributed by atoms with Gasteiger partial charge in [0.05, 0.1) is 37.8 Å². The molecule has 21 atom stereocenters. The number of benzene rings is 3. The van der Waals surface area contributed by atoms with Crippen molar-refractivity contribution in [1.82, 2.24) is 16.0 Å². The van der Waals surface area contributed by atoms with Gasteiger partial charge in [-0.3, -0.25) is 20.3 Å². The van der Waals surface area contributed by atoms with Crippen LogP contribution in [0.3, 0.4) is 0 Å². The minimum absolute atomic E-state index is 0.00315. The Kier molecular flexibility index (Phi) is 53.0. The van der Waals surface area contributed by atoms with Crippen molar-refractivity contribution in [3.63, 3.8) is 0 Å². The van der Waals surface area contributed by atoms with E-state index in [-0.39, 0.29) is 79.5 Å². The van der Waals surface area contributed by atoms with Gasteiger partial charge in [-0.15, -0.1) is 0 Å². The van der Waals surface area contributed by atoms with Gasteiger partial charge in [0.15, 0.2) is 5.78 Å². The molecule has 25 heteroatoms. The summed E-state index contributed by atoms with van der Waals surface area (Å²) >= 11 is 0. The van der Waals surface area contributed by atoms with Gasteiger partial charge in [-0.25, -0.2) is 38.4 Å². The van der Waals surface area contributed by atoms with Crippen LogP contribution in [0.4, 0.5) is 50.6 Å². The third kappa shape index (κ3) is 41.8. The predicted molar refractivity (Wildman–Crippen MR) is 567 cm³/mol. The number of Topliss-reactive ketones (excluding diaryl/α,β-unsaturated/α-hetero) is 1. The largest absolute Gasteiger partial charge is 0.508 e. The van der Waals surface area contributed by atoms with Gasteiger partial charge in [0.25, 0.3) is 0 Å². The molecule has 9 saturated carbocycles. The highest BCUT2D eigenvalue weighted by molar-refractivity contribution is 6.02. The number of para-hydroxylation sites is 3. The van der Waals surface area contributed by atoms with E-state index in [1.54, 1.807) is 62.7 Å². The lowest BCUT2D eigenvalue weighted by Crippen LogP contribution is -2.42. The van der Waals surface area contributed by atoms with Crippen molar-refractivity contribution in [1.29, 1.82) is 0 Å². The van der Waals surface area contributed by atoms with Gasteiger partial charge in [0.2, 0.25) is 0 Å². The van der Waals surface area contributed by atoms with Crippen LogP contribution < -0.4 is 36.2 Å². The predicted octanol–water partition coefficient (Wildman–Crippen LogP) is 29.5. The van der Waals surface area contributed by atoms with Crippen LogP contribution in [0.2, 0.25) is 0 Å². The highest BCUT2D eigenvalue weighted by atomic mass is 16.7. The van der Waals surface area contributed by atoms with Crippen molar-refractivity contribution in [3.8, 4) is 5.75 Å². The van der Waals surface area contributed by atoms with Crippen molar-refractivity contribution in [2.75, 3.05) is 56.5 Å². The van der Waals surface area contributed by atoms with Crippen molar-refractivity contribution < 1.29 is 90.5 Å². The van der Waals surface area contributed by atoms with E-state index in [0.29, 0.717) is 177 Å². The fourth-order valence-corrected chi connectivity index (χ4v) is 23.4. The minimum atomic E-state index is -0.594. The van der Waals surface area contributed by atoms with Gasteiger partial charge in [-0.2, -0.15) is 0 Å². The first kappa shape index (κ1) is 120. The highest BCUT2D eigenvalue weighted by Crippen LogP contribution is 2.44. The zero-order valence-corrected chi connectivity index (χ0v) is 92.2. The molecule has 3 aromatic carbocycles. The SMILES string of the molecule is CC(=O)c1ccccc1NC(=O)OC1CC(C)CCC1C(C)C.CC(C)[C@H]1CC[C@H](C)C[C@@H]1OC(=O)NC1CCCCC1.CC1CCC(C(C)C)C(OC(=O)NCC2CCCCC2)C1.CC1CCC(C(C)C)C(OC(=O)NCCCOC(=O)OC2CC(C)CCC2C(C)C)C1.COC(=O)c1cccc(NC(=O)OC2CC(C)CCC2C(C)C)c1.COc1ccccc1N(C)C(=O)OC1CC(C)CCC1C(C)C. The Morgan fingerprint density at radius 3 is 1.13 bits per heavy atom. The quantitative estimate of drug-likeness (QED) is 0.0205. The molecular formula is C117H192N6O19. The molecule has 0 aromatic heterocycles. The molecule has 804 valence electrons. The molecule has 3 aromatic rings. The van der Waals surface area contributed by atoms with Crippen LogP contribution in [0.15, 0.2) is 72.8 Å². The van der Waals surface area contributed by atoms with Gasteiger partial charge < -0.3 is 63.3 Å². The molecule has 0 bridgehead atoms. The van der Waals surface area contributed by atoms with E-state index < -0.39 is 24.3 Å². The van der Waals surface area contributed by atoms with Crippen molar-refractivity contribution in [2.24, 2.45) is 130 Å². The van der Waals surface area contributed by atoms with Crippen LogP contribution in [-0.2, 0) is 42.6 Å². The molecule has 12 rings (SSSR count). The molecule has 5 N–H and O–H groups in total. The Bertz CT molecular complexity index is 4170. The van der Waals surface area contributed by atoms with Crippen LogP contribution in [0, 0.1) is 130 Å². The number of carbonyl (C=O) groups is 9. The molecule has 142 heavy (non-hydrogen) atoms. The summed E-state index contributed by atoms with van der Waals surface area (Å²) in [5, 5.41) is 14.3. The number of ether oxygens (including phenoxy) is 10. The number of hydrogen-bond acceptors (Lipinski definition) is 19. The molecule has 0 heterocycles. The Morgan fingerprint density at radius 2 is 0.732 bits per heavy atom. The molecule has 9 fully saturated rings. The summed E-state index contributed by atoms with van der Waals surface area (Å²) < 4.78 is 55.5. The molecule has 0 aliphatic heterocycles. The summed E-state index contributed by atoms with van der Waals surface area (Å²) in [7, 11) is 4.67. The van der Waals surface area contributed by atoms with Crippen LogP contribution in [-0.4, -0.2) is 144 Å². The fourth-order valence-electron chi connectivity index (χ4n) is 23.4. The third-order valence-electron chi connectivity index (χ3n) is 32.3. The number of nitrogens with one attached hydrogen (secondary N) is 5. The van der Waals surface area contributed by atoms with Gasteiger partial charge in [-0.05, 0) is 302 Å². The molecule has 9 aliphatic carbocycles. The number of alkyl carbamates (subject to hydrolysis) is 3. The fraction of sp³-hybridized carbons (Fsp3) is 0.769. The standard InChI is InChI=1S/C25H45NO5.C19H27NO4.C19H29NO3.C19H27NO3.C18H33NO2.C17H31NO2/c1-16(2)20-10-8-18(5)14-22(20)30-24(27)26-12-7-13-29-25(28)31-23-15-19(6)9-11-21(23)17(3)4;1-12(2)16-9-8-13(3)10-17(16)24-19(22)20-15-7-5-6-14(11-15)18(21)23-4;1-13(2)15-11-10-14(3)12-18(15)23-19(21)20(4)16-8-6-7-9-17(16)22-5;1-12(2)15-10-9-13(3)11-18(15)23-19(22)20-17-8-6-5-7-16(17)14(4)21;1-13(2)16-10-9-14(3)11-17(16)21-18(20)19-12-15-7-5-4-6-8-15;1-12(2)15-10-9-13(3)11-16(15)20-17(19)18-14-7-5-4-6-8-14/h16-23H,7-15H2,1-6H3,(H,26,27);5-7,11-13,16-17H,8-10H2,1-4H3,(H,20,22);6-9,13-15,18H,10-12H2,1-5H3;5-8,12-13,15,18H,9-11H2,1-4H3,(H,20,22);13-17H,4-12H2,1-3H3,(H,19,20);12-16H,4-11H2,1-3H3,(H,18,19)/t;;;;;13-,15+,16-/m.....0/s1. The van der Waals surface area contributed by atoms with Crippen LogP contribution in [0.1, 0.15) is 379 Å². The first-order valence-electron chi connectivity index (χ1n) is 55.5. The number of rotatable bonds is 27. The lowest BCUT2D eigenvalue weighted by atomic mass is 9.75. The number of carbonyl (C=O) groups excluding carboxylic acids is 9. The normalized spacial score (nSPS) is 27.8. The summed E-state index contributed by atoms with van der Waals surface area (Å²) in [5.41, 5.74) is 2.65. The minimum Gasteiger partial charge on any atom is -0.495 e. The Balaban J connectivity index is 0.000000233. The lowest BCUT2D eigenvalue weighted by Gasteiger charge is -2.37. The second-order valence-corrected chi connectivity index (χ2v) is 46.5. The number of esters is 1. The molecule has 0 saturated heterocycles. The summed E-state index contributed by atoms with van der Waals surface area (Å²) in [4.78, 5) is 110. The monoisotopic (exact) mass is 1990 g/mol. The van der Waals surface area contributed by atoms with E-state index >= 15 is 0 Å². The van der Waals surface area contributed by atoms with Gasteiger partial charge in [-0.1, -0.05) is 259 Å². The highest BCUT2D eigenvalue weighted by Gasteiger charge is 2.42. The number of nitrogens with zero attached hydrogens (tertiary/aromatic N) is 1. The second-order valence-electron chi connectivity index (χ2n) is 46.5. The Hall–Kier alpha value is -8.51. The van der Waals surface area contributed by atoms with E-state index in [1.807, 2.05) is 24.3 Å². The zero-order valence-electron chi connectivity index (χ0n) is 92.2. The summed E-state index contributed by atoms with van der Waals surface area (Å²) in [6, 6.07) is 21.5. The Labute approximate surface area is 856 Å². The molecule has 6 amide bonds. The third-order valence-corrected chi connectivity index (χ3v) is 32.3. The lowest BCUT2D eigenvalue weighted by molar-refractivity contribution is -0.0320. The molecule has 25 nitrogen and oxygen atoms in total. The number of anilines is 3. The van der Waals surface area contributed by atoms with E-state index in [9.17, 15) is 43.2 Å². The van der Waals surface area contributed by atoms with Gasteiger partial charge >= 0.3 is 48.7 Å². The summed E-state index contributed by atoms with van der Waals surface area (Å²) in [6.07, 6.45) is 33.6. The van der Waals surface area contributed by atoms with Gasteiger partial charge in [0, 0.05) is 37.4 Å². The molecule has 0 spiro atoms. The average molecular weight is 1990 g/mol. The number of amides is 6. The van der Waals surface area contributed by atoms with E-state index in [0.717, 1.165) is 102 Å². The summed E-state index contributed by atoms with van der Waals surface area (Å²) in [5.74, 6) is 11.9. The maximum Gasteiger partial charge on any atom is 0.508 e. The Morgan fingerprint density at radius 1 is 0.373 bits per heavy atom. The number of methoxy groups -OCH3 is 2. The maximum atomic E-state index is 12.6. The molecule has 9 aliphatic rings. The maximum absolute atomic E-state index is 12.6. The second kappa shape index (κ2) is 62.5. The van der Waals surface area contributed by atoms with E-state index in [1.165, 1.54) is 128 Å². The average Bonchev–Trinajstić information content (AvgIpc) is 0.812. The molecule has 0 radical (unpaired) electrons. The summed E-state index contributed by atoms with van der Waals surface area (Å²) in [6.45, 7) is 49.4. The van der Waals surface area contributed by atoms with Gasteiger partial charge in [0.1, 0.15) is 48.5 Å². The molecule has 18 unspecified atom stereocenters. The van der Waals surface area contributed by atoms with E-state index in [2.05, 4.69) is 177 Å². The smallest absolute Gasteiger partial charge is 0.495 e.